The molecule has 4 rings (SSSR count). The number of thioether (sulfide) groups is 1. The number of phenols is 1. The first-order valence-corrected chi connectivity index (χ1v) is 13.4. The van der Waals surface area contributed by atoms with Gasteiger partial charge in [-0.15, -0.1) is 5.10 Å². The van der Waals surface area contributed by atoms with Gasteiger partial charge in [0.05, 0.1) is 12.1 Å². The number of anilines is 1. The minimum atomic E-state index is -1.10. The first-order valence-electron chi connectivity index (χ1n) is 12.4. The summed E-state index contributed by atoms with van der Waals surface area (Å²) in [6.07, 6.45) is 1.72. The molecule has 0 radical (unpaired) electrons. The number of hydrogen-bond donors (Lipinski definition) is 6. The maximum Gasteiger partial charge on any atom is 0.404 e. The Bertz CT molecular complexity index is 1160. The van der Waals surface area contributed by atoms with Gasteiger partial charge in [-0.1, -0.05) is 55.4 Å². The van der Waals surface area contributed by atoms with Gasteiger partial charge < -0.3 is 31.1 Å². The average Bonchev–Trinajstić information content (AvgIpc) is 3.45. The summed E-state index contributed by atoms with van der Waals surface area (Å²) in [5.74, 6) is 1.73. The molecule has 1 saturated carbocycles. The van der Waals surface area contributed by atoms with Crippen LogP contribution in [0.5, 0.6) is 5.75 Å². The molecule has 0 saturated heterocycles. The molecule has 1 fully saturated rings. The number of amides is 1. The topological polar surface area (TPSA) is 179 Å². The number of aromatic hydroxyl groups is 1. The number of aliphatic hydroxyl groups excluding tert-OH is 2. The molecule has 0 bridgehead atoms. The molecule has 3 atom stereocenters. The number of fused-ring (bicyclic) bond motifs is 1. The second-order valence-corrected chi connectivity index (χ2v) is 9.74. The number of nitrogens with zero attached hydrogens (tertiary/aromatic N) is 5. The number of rotatable bonds is 10. The Balaban J connectivity index is 0.000000266. The monoisotopic (exact) mass is 533 g/mol. The van der Waals surface area contributed by atoms with Crippen LogP contribution in [0.4, 0.5) is 10.6 Å². The zero-order valence-electron chi connectivity index (χ0n) is 21.0. The summed E-state index contributed by atoms with van der Waals surface area (Å²) in [6, 6.07) is 6.28. The molecule has 0 aliphatic heterocycles. The molecular formula is C24H35N7O5S. The standard InChI is InChI=1S/C16H26N6O2S.C8H9NO3/c1-3-5-8-17-14-12-15(19-16(18-14)25-9-4-2)22(21-20-12)10-6-7-11(23)13(10)24;10-7-4-2-1-3-6(7)5-9-8(11)12/h10-11,13,23-24H,3-9H2,1-2H3,(H,17,18,19);1-4,9-10H,5H2,(H,11,12)/t10-,11-,13+;/m1./s1. The van der Waals surface area contributed by atoms with E-state index in [1.807, 2.05) is 0 Å². The van der Waals surface area contributed by atoms with Gasteiger partial charge in [0.25, 0.3) is 0 Å². The molecule has 13 heteroatoms. The molecule has 6 N–H and O–H groups in total. The fraction of sp³-hybridized carbons (Fsp3) is 0.542. The highest BCUT2D eigenvalue weighted by Gasteiger charge is 2.37. The Hall–Kier alpha value is -3.16. The second kappa shape index (κ2) is 14.0. The Morgan fingerprint density at radius 3 is 2.59 bits per heavy atom. The first-order chi connectivity index (χ1) is 17.8. The summed E-state index contributed by atoms with van der Waals surface area (Å²) >= 11 is 1.60. The van der Waals surface area contributed by atoms with Crippen molar-refractivity contribution in [3.05, 3.63) is 29.8 Å². The van der Waals surface area contributed by atoms with Gasteiger partial charge >= 0.3 is 6.09 Å². The van der Waals surface area contributed by atoms with E-state index in [-0.39, 0.29) is 18.3 Å². The molecule has 1 aromatic carbocycles. The lowest BCUT2D eigenvalue weighted by Crippen LogP contribution is -2.28. The number of phenolic OH excluding ortho intramolecular Hbond substituents is 1. The Labute approximate surface area is 219 Å². The molecular weight excluding hydrogens is 498 g/mol. The van der Waals surface area contributed by atoms with Crippen LogP contribution in [0, 0.1) is 0 Å². The number of aliphatic hydroxyl groups is 2. The number of benzene rings is 1. The summed E-state index contributed by atoms with van der Waals surface area (Å²) in [5.41, 5.74) is 1.80. The van der Waals surface area contributed by atoms with Crippen molar-refractivity contribution in [2.75, 3.05) is 17.6 Å². The maximum absolute atomic E-state index is 10.2. The van der Waals surface area contributed by atoms with Crippen molar-refractivity contribution in [2.45, 2.75) is 75.9 Å². The summed E-state index contributed by atoms with van der Waals surface area (Å²) in [6.45, 7) is 5.21. The quantitative estimate of drug-likeness (QED) is 0.128. The van der Waals surface area contributed by atoms with Crippen molar-refractivity contribution >= 4 is 34.8 Å². The molecule has 2 aromatic heterocycles. The highest BCUT2D eigenvalue weighted by Crippen LogP contribution is 2.33. The van der Waals surface area contributed by atoms with Crippen LogP contribution >= 0.6 is 11.8 Å². The summed E-state index contributed by atoms with van der Waals surface area (Å²) in [5, 5.41) is 52.2. The number of nitrogens with one attached hydrogen (secondary N) is 2. The number of carboxylic acid groups (broad SMARTS) is 1. The van der Waals surface area contributed by atoms with E-state index >= 15 is 0 Å². The molecule has 0 spiro atoms. The molecule has 1 aliphatic rings. The minimum Gasteiger partial charge on any atom is -0.508 e. The van der Waals surface area contributed by atoms with Crippen molar-refractivity contribution < 1.29 is 25.2 Å². The SMILES string of the molecule is CCCCNc1nc(SCCC)nc2c1nnn2[C@@H]1CC[C@@H](O)[C@H]1O.O=C(O)NCc1ccccc1O. The predicted octanol–water partition coefficient (Wildman–Crippen LogP) is 3.15. The molecule has 2 heterocycles. The summed E-state index contributed by atoms with van der Waals surface area (Å²) in [4.78, 5) is 19.3. The number of carbonyl (C=O) groups is 1. The third-order valence-electron chi connectivity index (χ3n) is 5.84. The van der Waals surface area contributed by atoms with Gasteiger partial charge in [0, 0.05) is 24.4 Å². The molecule has 1 amide bonds. The largest absolute Gasteiger partial charge is 0.508 e. The lowest BCUT2D eigenvalue weighted by atomic mass is 10.2. The summed E-state index contributed by atoms with van der Waals surface area (Å²) in [7, 11) is 0. The molecule has 0 unspecified atom stereocenters. The molecule has 37 heavy (non-hydrogen) atoms. The Morgan fingerprint density at radius 1 is 1.16 bits per heavy atom. The van der Waals surface area contributed by atoms with Crippen molar-refractivity contribution in [1.82, 2.24) is 30.3 Å². The van der Waals surface area contributed by atoms with Crippen molar-refractivity contribution in [1.29, 1.82) is 0 Å². The van der Waals surface area contributed by atoms with Gasteiger partial charge in [-0.05, 0) is 31.7 Å². The van der Waals surface area contributed by atoms with Crippen molar-refractivity contribution in [2.24, 2.45) is 0 Å². The van der Waals surface area contributed by atoms with Gasteiger partial charge in [-0.25, -0.2) is 19.4 Å². The van der Waals surface area contributed by atoms with Crippen LogP contribution < -0.4 is 10.6 Å². The zero-order valence-corrected chi connectivity index (χ0v) is 21.9. The van der Waals surface area contributed by atoms with Crippen LogP contribution in [0.15, 0.2) is 29.4 Å². The van der Waals surface area contributed by atoms with Gasteiger partial charge in [0.15, 0.2) is 22.1 Å². The lowest BCUT2D eigenvalue weighted by Gasteiger charge is -2.16. The van der Waals surface area contributed by atoms with Crippen LogP contribution in [-0.4, -0.2) is 76.0 Å². The second-order valence-electron chi connectivity index (χ2n) is 8.68. The Morgan fingerprint density at radius 2 is 1.95 bits per heavy atom. The number of para-hydroxylation sites is 1. The number of aromatic nitrogens is 5. The van der Waals surface area contributed by atoms with Gasteiger partial charge in [0.1, 0.15) is 11.9 Å². The van der Waals surface area contributed by atoms with E-state index in [0.29, 0.717) is 40.5 Å². The van der Waals surface area contributed by atoms with Crippen LogP contribution in [0.1, 0.15) is 57.6 Å². The lowest BCUT2D eigenvalue weighted by molar-refractivity contribution is 0.0215. The van der Waals surface area contributed by atoms with E-state index in [1.165, 1.54) is 6.07 Å². The van der Waals surface area contributed by atoms with E-state index in [1.54, 1.807) is 34.6 Å². The van der Waals surface area contributed by atoms with Gasteiger partial charge in [-0.3, -0.25) is 0 Å². The highest BCUT2D eigenvalue weighted by atomic mass is 32.2. The van der Waals surface area contributed by atoms with Crippen LogP contribution in [0.2, 0.25) is 0 Å². The van der Waals surface area contributed by atoms with E-state index in [0.717, 1.165) is 31.6 Å². The molecule has 1 aliphatic carbocycles. The molecule has 3 aromatic rings. The number of hydrogen-bond acceptors (Lipinski definition) is 10. The average molecular weight is 534 g/mol. The zero-order chi connectivity index (χ0) is 26.8. The van der Waals surface area contributed by atoms with Gasteiger partial charge in [-0.2, -0.15) is 0 Å². The van der Waals surface area contributed by atoms with Crippen LogP contribution in [0.25, 0.3) is 11.2 Å². The van der Waals surface area contributed by atoms with Crippen molar-refractivity contribution in [3.63, 3.8) is 0 Å². The minimum absolute atomic E-state index is 0.103. The van der Waals surface area contributed by atoms with E-state index in [4.69, 9.17) is 5.11 Å². The third-order valence-corrected chi connectivity index (χ3v) is 6.90. The fourth-order valence-electron chi connectivity index (χ4n) is 3.84. The highest BCUT2D eigenvalue weighted by molar-refractivity contribution is 7.99. The molecule has 12 nitrogen and oxygen atoms in total. The van der Waals surface area contributed by atoms with Crippen molar-refractivity contribution in [3.8, 4) is 5.75 Å². The van der Waals surface area contributed by atoms with Crippen LogP contribution in [-0.2, 0) is 6.54 Å². The number of unbranched alkanes of at least 4 members (excludes halogenated alkanes) is 1. The third kappa shape index (κ3) is 7.66. The van der Waals surface area contributed by atoms with E-state index in [2.05, 4.69) is 44.8 Å². The smallest absolute Gasteiger partial charge is 0.404 e. The fourth-order valence-corrected chi connectivity index (χ4v) is 4.53. The van der Waals surface area contributed by atoms with E-state index < -0.39 is 18.3 Å². The van der Waals surface area contributed by atoms with Gasteiger partial charge in [0.2, 0.25) is 0 Å². The Kier molecular flexibility index (Phi) is 10.7. The predicted molar refractivity (Wildman–Crippen MR) is 141 cm³/mol. The first kappa shape index (κ1) is 28.4. The maximum atomic E-state index is 10.2. The van der Waals surface area contributed by atoms with E-state index in [9.17, 15) is 20.1 Å². The van der Waals surface area contributed by atoms with Crippen LogP contribution in [0.3, 0.4) is 0 Å². The molecule has 202 valence electrons. The summed E-state index contributed by atoms with van der Waals surface area (Å²) < 4.78 is 1.65. The normalized spacial score (nSPS) is 18.9.